The second-order valence-electron chi connectivity index (χ2n) is 7.07. The van der Waals surface area contributed by atoms with Crippen molar-refractivity contribution in [2.24, 2.45) is 0 Å². The molecule has 0 aliphatic carbocycles. The van der Waals surface area contributed by atoms with Gasteiger partial charge in [0.1, 0.15) is 11.6 Å². The fourth-order valence-electron chi connectivity index (χ4n) is 3.65. The standard InChI is InChI=1S/C19H27N7O3/c1-24(15-4-6-20-18(21-15)25-8-10-29-11-9-25)14-5-7-26(13-14)16-12-17(27-2)23-19(22-16)28-3/h4,6,12,14H,5,7-11,13H2,1-3H3. The molecule has 29 heavy (non-hydrogen) atoms. The minimum absolute atomic E-state index is 0.308. The summed E-state index contributed by atoms with van der Waals surface area (Å²) in [7, 11) is 5.23. The Hall–Kier alpha value is -2.88. The minimum Gasteiger partial charge on any atom is -0.481 e. The molecule has 0 amide bonds. The van der Waals surface area contributed by atoms with Crippen molar-refractivity contribution in [1.82, 2.24) is 19.9 Å². The maximum Gasteiger partial charge on any atom is 0.321 e. The van der Waals surface area contributed by atoms with Gasteiger partial charge in [0.05, 0.1) is 27.4 Å². The van der Waals surface area contributed by atoms with Gasteiger partial charge in [0.2, 0.25) is 11.8 Å². The lowest BCUT2D eigenvalue weighted by Gasteiger charge is -2.29. The van der Waals surface area contributed by atoms with Crippen LogP contribution in [0.4, 0.5) is 17.6 Å². The van der Waals surface area contributed by atoms with Crippen LogP contribution in [0.25, 0.3) is 0 Å². The third kappa shape index (κ3) is 4.26. The number of likely N-dealkylation sites (N-methyl/N-ethyl adjacent to an activating group) is 1. The van der Waals surface area contributed by atoms with Gasteiger partial charge in [0, 0.05) is 51.5 Å². The van der Waals surface area contributed by atoms with Crippen molar-refractivity contribution in [3.05, 3.63) is 18.3 Å². The summed E-state index contributed by atoms with van der Waals surface area (Å²) in [5.74, 6) is 2.99. The lowest BCUT2D eigenvalue weighted by atomic mass is 10.2. The molecule has 4 rings (SSSR count). The van der Waals surface area contributed by atoms with Gasteiger partial charge in [0.15, 0.2) is 0 Å². The van der Waals surface area contributed by atoms with Crippen molar-refractivity contribution in [1.29, 1.82) is 0 Å². The molecule has 2 aromatic heterocycles. The normalized spacial score (nSPS) is 19.3. The van der Waals surface area contributed by atoms with Crippen molar-refractivity contribution in [2.75, 3.05) is 75.4 Å². The first-order valence-corrected chi connectivity index (χ1v) is 9.78. The number of ether oxygens (including phenoxy) is 3. The second kappa shape index (κ2) is 8.64. The van der Waals surface area contributed by atoms with Gasteiger partial charge in [0.25, 0.3) is 0 Å². The van der Waals surface area contributed by atoms with Crippen LogP contribution in [0.2, 0.25) is 0 Å². The van der Waals surface area contributed by atoms with Crippen LogP contribution in [0.1, 0.15) is 6.42 Å². The Morgan fingerprint density at radius 2 is 1.90 bits per heavy atom. The zero-order valence-corrected chi connectivity index (χ0v) is 17.1. The molecule has 2 aliphatic rings. The van der Waals surface area contributed by atoms with Gasteiger partial charge in [-0.05, 0) is 12.5 Å². The molecule has 0 saturated carbocycles. The molecule has 1 atom stereocenters. The van der Waals surface area contributed by atoms with E-state index in [4.69, 9.17) is 19.2 Å². The van der Waals surface area contributed by atoms with Gasteiger partial charge in [-0.3, -0.25) is 0 Å². The minimum atomic E-state index is 0.308. The Morgan fingerprint density at radius 3 is 2.66 bits per heavy atom. The molecule has 0 aromatic carbocycles. The lowest BCUT2D eigenvalue weighted by molar-refractivity contribution is 0.122. The van der Waals surface area contributed by atoms with Gasteiger partial charge in [-0.15, -0.1) is 0 Å². The maximum absolute atomic E-state index is 5.43. The van der Waals surface area contributed by atoms with E-state index < -0.39 is 0 Å². The fourth-order valence-corrected chi connectivity index (χ4v) is 3.65. The quantitative estimate of drug-likeness (QED) is 0.693. The molecule has 10 nitrogen and oxygen atoms in total. The van der Waals surface area contributed by atoms with E-state index in [-0.39, 0.29) is 0 Å². The molecule has 10 heteroatoms. The number of anilines is 3. The Morgan fingerprint density at radius 1 is 1.07 bits per heavy atom. The van der Waals surface area contributed by atoms with Crippen LogP contribution in [0, 0.1) is 0 Å². The third-order valence-electron chi connectivity index (χ3n) is 5.38. The molecule has 4 heterocycles. The monoisotopic (exact) mass is 401 g/mol. The van der Waals surface area contributed by atoms with Crippen LogP contribution in [0.15, 0.2) is 18.3 Å². The summed E-state index contributed by atoms with van der Waals surface area (Å²) in [5, 5.41) is 0. The first-order chi connectivity index (χ1) is 14.2. The number of rotatable bonds is 6. The van der Waals surface area contributed by atoms with E-state index in [1.807, 2.05) is 18.3 Å². The van der Waals surface area contributed by atoms with E-state index >= 15 is 0 Å². The highest BCUT2D eigenvalue weighted by Gasteiger charge is 2.28. The number of morpholine rings is 1. The molecule has 1 unspecified atom stereocenters. The Balaban J connectivity index is 1.46. The predicted octanol–water partition coefficient (Wildman–Crippen LogP) is 0.836. The van der Waals surface area contributed by atoms with E-state index in [0.717, 1.165) is 50.2 Å². The van der Waals surface area contributed by atoms with Crippen molar-refractivity contribution in [3.63, 3.8) is 0 Å². The van der Waals surface area contributed by atoms with Crippen LogP contribution in [0.3, 0.4) is 0 Å². The number of methoxy groups -OCH3 is 2. The largest absolute Gasteiger partial charge is 0.481 e. The molecule has 2 saturated heterocycles. The van der Waals surface area contributed by atoms with Crippen molar-refractivity contribution in [2.45, 2.75) is 12.5 Å². The van der Waals surface area contributed by atoms with Gasteiger partial charge in [-0.25, -0.2) is 4.98 Å². The first-order valence-electron chi connectivity index (χ1n) is 9.78. The summed E-state index contributed by atoms with van der Waals surface area (Å²) >= 11 is 0. The predicted molar refractivity (Wildman–Crippen MR) is 109 cm³/mol. The van der Waals surface area contributed by atoms with Crippen molar-refractivity contribution >= 4 is 17.6 Å². The Bertz CT molecular complexity index is 809. The average Bonchev–Trinajstić information content (AvgIpc) is 3.29. The Labute approximate surface area is 170 Å². The van der Waals surface area contributed by atoms with E-state index in [0.29, 0.717) is 31.1 Å². The van der Waals surface area contributed by atoms with Gasteiger partial charge in [-0.2, -0.15) is 15.0 Å². The van der Waals surface area contributed by atoms with Gasteiger partial charge in [-0.1, -0.05) is 0 Å². The SMILES string of the molecule is COc1cc(N2CCC(N(C)c3ccnc(N4CCOCC4)n3)C2)nc(OC)n1. The van der Waals surface area contributed by atoms with E-state index in [9.17, 15) is 0 Å². The molecule has 156 valence electrons. The van der Waals surface area contributed by atoms with E-state index in [2.05, 4.69) is 36.7 Å². The third-order valence-corrected chi connectivity index (χ3v) is 5.38. The van der Waals surface area contributed by atoms with Crippen molar-refractivity contribution in [3.8, 4) is 11.9 Å². The summed E-state index contributed by atoms with van der Waals surface area (Å²) in [6.07, 6.45) is 2.83. The van der Waals surface area contributed by atoms with Crippen LogP contribution >= 0.6 is 0 Å². The lowest BCUT2D eigenvalue weighted by Crippen LogP contribution is -2.38. The van der Waals surface area contributed by atoms with Crippen LogP contribution in [-0.4, -0.2) is 86.6 Å². The zero-order valence-electron chi connectivity index (χ0n) is 17.1. The zero-order chi connectivity index (χ0) is 20.2. The first kappa shape index (κ1) is 19.4. The smallest absolute Gasteiger partial charge is 0.321 e. The molecule has 0 N–H and O–H groups in total. The molecular weight excluding hydrogens is 374 g/mol. The molecule has 0 bridgehead atoms. The van der Waals surface area contributed by atoms with Crippen LogP contribution < -0.4 is 24.2 Å². The fraction of sp³-hybridized carbons (Fsp3) is 0.579. The number of nitrogens with zero attached hydrogens (tertiary/aromatic N) is 7. The average molecular weight is 401 g/mol. The highest BCUT2D eigenvalue weighted by atomic mass is 16.5. The summed E-state index contributed by atoms with van der Waals surface area (Å²) in [5.41, 5.74) is 0. The van der Waals surface area contributed by atoms with Gasteiger partial charge >= 0.3 is 6.01 Å². The molecule has 0 radical (unpaired) electrons. The molecular formula is C19H27N7O3. The summed E-state index contributed by atoms with van der Waals surface area (Å²) in [4.78, 5) is 24.5. The summed E-state index contributed by atoms with van der Waals surface area (Å²) in [6.45, 7) is 4.79. The number of hydrogen-bond acceptors (Lipinski definition) is 10. The maximum atomic E-state index is 5.43. The summed E-state index contributed by atoms with van der Waals surface area (Å²) in [6, 6.07) is 4.42. The Kier molecular flexibility index (Phi) is 5.79. The van der Waals surface area contributed by atoms with Crippen LogP contribution in [0.5, 0.6) is 11.9 Å². The summed E-state index contributed by atoms with van der Waals surface area (Å²) < 4.78 is 15.9. The highest BCUT2D eigenvalue weighted by Crippen LogP contribution is 2.27. The number of aromatic nitrogens is 4. The second-order valence-corrected chi connectivity index (χ2v) is 7.07. The molecule has 2 aromatic rings. The number of hydrogen-bond donors (Lipinski definition) is 0. The molecule has 2 fully saturated rings. The van der Waals surface area contributed by atoms with Crippen LogP contribution in [-0.2, 0) is 4.74 Å². The van der Waals surface area contributed by atoms with E-state index in [1.54, 1.807) is 14.2 Å². The topological polar surface area (TPSA) is 89.0 Å². The van der Waals surface area contributed by atoms with Crippen molar-refractivity contribution < 1.29 is 14.2 Å². The van der Waals surface area contributed by atoms with Gasteiger partial charge < -0.3 is 28.9 Å². The molecule has 2 aliphatic heterocycles. The van der Waals surface area contributed by atoms with E-state index in [1.165, 1.54) is 0 Å². The molecule has 0 spiro atoms. The highest BCUT2D eigenvalue weighted by molar-refractivity contribution is 5.48.